The quantitative estimate of drug-likeness (QED) is 0.539. The molecule has 0 aliphatic heterocycles. The van der Waals surface area contributed by atoms with Crippen LogP contribution in [0, 0.1) is 0 Å². The summed E-state index contributed by atoms with van der Waals surface area (Å²) in [6.07, 6.45) is -0.239. The average molecular weight is 440 g/mol. The lowest BCUT2D eigenvalue weighted by atomic mass is 10.2. The summed E-state index contributed by atoms with van der Waals surface area (Å²) in [5, 5.41) is 4.10. The number of ether oxygens (including phenoxy) is 2. The number of carbonyl (C=O) groups excluding carboxylic acids is 3. The molecule has 0 spiro atoms. The van der Waals surface area contributed by atoms with E-state index in [9.17, 15) is 22.8 Å². The summed E-state index contributed by atoms with van der Waals surface area (Å²) in [5.41, 5.74) is 0.410. The number of nitrogens with one attached hydrogen (secondary N) is 2. The number of para-hydroxylation sites is 1. The minimum absolute atomic E-state index is 0.144. The number of esters is 2. The molecule has 1 aromatic heterocycles. The first kappa shape index (κ1) is 22.5. The largest absolute Gasteiger partial charge is 0.462 e. The van der Waals surface area contributed by atoms with Crippen molar-refractivity contribution in [3.05, 3.63) is 47.3 Å². The van der Waals surface area contributed by atoms with Crippen molar-refractivity contribution in [1.82, 2.24) is 4.72 Å². The van der Waals surface area contributed by atoms with E-state index < -0.39 is 34.5 Å². The van der Waals surface area contributed by atoms with Gasteiger partial charge in [0.25, 0.3) is 5.91 Å². The van der Waals surface area contributed by atoms with E-state index in [0.717, 1.165) is 11.3 Å². The Morgan fingerprint density at radius 1 is 1.07 bits per heavy atom. The second kappa shape index (κ2) is 10.7. The Morgan fingerprint density at radius 3 is 2.52 bits per heavy atom. The maximum absolute atomic E-state index is 12.0. The zero-order valence-corrected chi connectivity index (χ0v) is 17.2. The van der Waals surface area contributed by atoms with Gasteiger partial charge in [0.15, 0.2) is 6.61 Å². The zero-order chi connectivity index (χ0) is 21.3. The minimum atomic E-state index is -3.66. The number of thiophene rings is 1. The average Bonchev–Trinajstić information content (AvgIpc) is 3.23. The van der Waals surface area contributed by atoms with E-state index in [2.05, 4.69) is 10.0 Å². The van der Waals surface area contributed by atoms with Crippen LogP contribution in [0.15, 0.2) is 46.0 Å². The third-order valence-corrected chi connectivity index (χ3v) is 6.30. The molecule has 11 heteroatoms. The number of carbonyl (C=O) groups is 3. The first-order valence-electron chi connectivity index (χ1n) is 8.58. The highest BCUT2D eigenvalue weighted by molar-refractivity contribution is 7.91. The molecule has 0 aliphatic carbocycles. The second-order valence-electron chi connectivity index (χ2n) is 5.55. The predicted octanol–water partition coefficient (Wildman–Crippen LogP) is 1.78. The van der Waals surface area contributed by atoms with E-state index in [4.69, 9.17) is 9.47 Å². The summed E-state index contributed by atoms with van der Waals surface area (Å²) in [7, 11) is -3.66. The van der Waals surface area contributed by atoms with Crippen molar-refractivity contribution in [1.29, 1.82) is 0 Å². The van der Waals surface area contributed by atoms with Gasteiger partial charge in [0.1, 0.15) is 4.21 Å². The van der Waals surface area contributed by atoms with Crippen LogP contribution >= 0.6 is 11.3 Å². The normalized spacial score (nSPS) is 10.9. The molecular weight excluding hydrogens is 420 g/mol. The highest BCUT2D eigenvalue weighted by Gasteiger charge is 2.17. The number of amides is 1. The van der Waals surface area contributed by atoms with Gasteiger partial charge in [-0.25, -0.2) is 17.9 Å². The maximum atomic E-state index is 12.0. The third kappa shape index (κ3) is 6.97. The Morgan fingerprint density at radius 2 is 1.83 bits per heavy atom. The molecule has 0 saturated carbocycles. The maximum Gasteiger partial charge on any atom is 0.340 e. The van der Waals surface area contributed by atoms with Crippen molar-refractivity contribution in [3.63, 3.8) is 0 Å². The lowest BCUT2D eigenvalue weighted by molar-refractivity contribution is -0.147. The predicted molar refractivity (Wildman–Crippen MR) is 106 cm³/mol. The van der Waals surface area contributed by atoms with Gasteiger partial charge in [0.05, 0.1) is 24.3 Å². The zero-order valence-electron chi connectivity index (χ0n) is 15.5. The number of hydrogen-bond acceptors (Lipinski definition) is 8. The molecule has 1 heterocycles. The van der Waals surface area contributed by atoms with Crippen molar-refractivity contribution >= 4 is 44.9 Å². The van der Waals surface area contributed by atoms with Crippen molar-refractivity contribution in [2.75, 3.05) is 25.1 Å². The fraction of sp³-hybridized carbons (Fsp3) is 0.278. The SMILES string of the molecule is CCOC(=O)c1ccccc1NC(=O)COC(=O)CCNS(=O)(=O)c1cccs1. The first-order chi connectivity index (χ1) is 13.8. The lowest BCUT2D eigenvalue weighted by Crippen LogP contribution is -2.27. The lowest BCUT2D eigenvalue weighted by Gasteiger charge is -2.10. The molecule has 1 aromatic carbocycles. The fourth-order valence-electron chi connectivity index (χ4n) is 2.16. The molecule has 0 fully saturated rings. The molecule has 0 atom stereocenters. The van der Waals surface area contributed by atoms with E-state index in [1.807, 2.05) is 0 Å². The summed E-state index contributed by atoms with van der Waals surface area (Å²) < 4.78 is 36.0. The number of sulfonamides is 1. The molecule has 0 unspecified atom stereocenters. The van der Waals surface area contributed by atoms with Gasteiger partial charge < -0.3 is 14.8 Å². The highest BCUT2D eigenvalue weighted by atomic mass is 32.2. The fourth-order valence-corrected chi connectivity index (χ4v) is 4.23. The van der Waals surface area contributed by atoms with Crippen molar-refractivity contribution in [2.45, 2.75) is 17.6 Å². The van der Waals surface area contributed by atoms with Crippen LogP contribution in [-0.2, 0) is 29.1 Å². The van der Waals surface area contributed by atoms with Crippen molar-refractivity contribution in [2.24, 2.45) is 0 Å². The monoisotopic (exact) mass is 440 g/mol. The summed E-state index contributed by atoms with van der Waals surface area (Å²) in [5.74, 6) is -1.97. The molecular formula is C18H20N2O7S2. The van der Waals surface area contributed by atoms with E-state index in [-0.39, 0.29) is 35.0 Å². The van der Waals surface area contributed by atoms with Gasteiger partial charge in [0.2, 0.25) is 10.0 Å². The van der Waals surface area contributed by atoms with Gasteiger partial charge in [0, 0.05) is 6.54 Å². The molecule has 0 radical (unpaired) electrons. The van der Waals surface area contributed by atoms with Crippen LogP contribution in [-0.4, -0.2) is 46.0 Å². The molecule has 1 amide bonds. The molecule has 29 heavy (non-hydrogen) atoms. The number of rotatable bonds is 10. The van der Waals surface area contributed by atoms with Crippen LogP contribution < -0.4 is 10.0 Å². The molecule has 2 N–H and O–H groups in total. The summed E-state index contributed by atoms with van der Waals surface area (Å²) in [6, 6.07) is 9.32. The molecule has 0 aliphatic rings. The molecule has 0 bridgehead atoms. The molecule has 0 saturated heterocycles. The van der Waals surface area contributed by atoms with Gasteiger partial charge in [-0.05, 0) is 30.5 Å². The number of anilines is 1. The van der Waals surface area contributed by atoms with Crippen molar-refractivity contribution in [3.8, 4) is 0 Å². The Hall–Kier alpha value is -2.76. The molecule has 9 nitrogen and oxygen atoms in total. The Bertz CT molecular complexity index is 956. The van der Waals surface area contributed by atoms with E-state index in [1.165, 1.54) is 18.2 Å². The Kier molecular flexibility index (Phi) is 8.31. The van der Waals surface area contributed by atoms with Gasteiger partial charge in [-0.1, -0.05) is 18.2 Å². The van der Waals surface area contributed by atoms with Crippen molar-refractivity contribution < 1.29 is 32.3 Å². The Labute approximate surface area is 172 Å². The van der Waals surface area contributed by atoms with Gasteiger partial charge in [-0.2, -0.15) is 0 Å². The minimum Gasteiger partial charge on any atom is -0.462 e. The second-order valence-corrected chi connectivity index (χ2v) is 8.50. The third-order valence-electron chi connectivity index (χ3n) is 3.44. The van der Waals surface area contributed by atoms with Crippen LogP contribution in [0.25, 0.3) is 0 Å². The van der Waals surface area contributed by atoms with Crippen LogP contribution in [0.2, 0.25) is 0 Å². The van der Waals surface area contributed by atoms with E-state index >= 15 is 0 Å². The summed E-state index contributed by atoms with van der Waals surface area (Å²) in [4.78, 5) is 35.6. The Balaban J connectivity index is 1.78. The smallest absolute Gasteiger partial charge is 0.340 e. The van der Waals surface area contributed by atoms with Crippen LogP contribution in [0.5, 0.6) is 0 Å². The van der Waals surface area contributed by atoms with Crippen LogP contribution in [0.4, 0.5) is 5.69 Å². The summed E-state index contributed by atoms with van der Waals surface area (Å²) >= 11 is 1.06. The van der Waals surface area contributed by atoms with E-state index in [0.29, 0.717) is 0 Å². The summed E-state index contributed by atoms with van der Waals surface area (Å²) in [6.45, 7) is 1.12. The van der Waals surface area contributed by atoms with Crippen LogP contribution in [0.3, 0.4) is 0 Å². The topological polar surface area (TPSA) is 128 Å². The van der Waals surface area contributed by atoms with Gasteiger partial charge in [-0.15, -0.1) is 11.3 Å². The molecule has 2 rings (SSSR count). The standard InChI is InChI=1S/C18H20N2O7S2/c1-2-26-18(23)13-6-3-4-7-14(13)20-15(21)12-27-16(22)9-10-19-29(24,25)17-8-5-11-28-17/h3-8,11,19H,2,9-10,12H2,1H3,(H,20,21). The van der Waals surface area contributed by atoms with Gasteiger partial charge >= 0.3 is 11.9 Å². The van der Waals surface area contributed by atoms with Crippen LogP contribution in [0.1, 0.15) is 23.7 Å². The number of hydrogen-bond donors (Lipinski definition) is 2. The van der Waals surface area contributed by atoms with Gasteiger partial charge in [-0.3, -0.25) is 9.59 Å². The first-order valence-corrected chi connectivity index (χ1v) is 10.9. The number of benzene rings is 1. The van der Waals surface area contributed by atoms with E-state index in [1.54, 1.807) is 30.5 Å². The molecule has 156 valence electrons. The molecule has 2 aromatic rings. The highest BCUT2D eigenvalue weighted by Crippen LogP contribution is 2.16.